The molecule has 2 aliphatic rings. The Bertz CT molecular complexity index is 619. The van der Waals surface area contributed by atoms with E-state index in [1.807, 2.05) is 16.2 Å². The zero-order valence-electron chi connectivity index (χ0n) is 9.81. The number of alkyl halides is 3. The molecule has 1 aromatic carbocycles. The maximum Gasteiger partial charge on any atom is 0.416 e. The molecule has 2 heterocycles. The van der Waals surface area contributed by atoms with Gasteiger partial charge in [0, 0.05) is 4.91 Å². The highest BCUT2D eigenvalue weighted by molar-refractivity contribution is 8.35. The molecule has 0 bridgehead atoms. The predicted molar refractivity (Wildman–Crippen MR) is 86.0 cm³/mol. The highest BCUT2D eigenvalue weighted by atomic mass is 32.2. The summed E-state index contributed by atoms with van der Waals surface area (Å²) in [5, 5.41) is 5.94. The predicted octanol–water partition coefficient (Wildman–Crippen LogP) is 6.56. The first-order chi connectivity index (χ1) is 9.54. The van der Waals surface area contributed by atoms with E-state index in [9.17, 15) is 13.2 Å². The number of hydrogen-bond acceptors (Lipinski definition) is 4. The van der Waals surface area contributed by atoms with Crippen molar-refractivity contribution >= 4 is 52.0 Å². The van der Waals surface area contributed by atoms with Crippen LogP contribution in [0.5, 0.6) is 0 Å². The Labute approximate surface area is 131 Å². The Balaban J connectivity index is 1.83. The zero-order chi connectivity index (χ0) is 14.2. The van der Waals surface area contributed by atoms with E-state index in [0.29, 0.717) is 5.56 Å². The van der Waals surface area contributed by atoms with Gasteiger partial charge in [-0.2, -0.15) is 13.2 Å². The van der Waals surface area contributed by atoms with Gasteiger partial charge >= 0.3 is 6.18 Å². The van der Waals surface area contributed by atoms with Crippen molar-refractivity contribution in [1.82, 2.24) is 0 Å². The molecule has 3 rings (SSSR count). The average Bonchev–Trinajstić information content (AvgIpc) is 3.09. The second-order valence-electron chi connectivity index (χ2n) is 3.86. The third-order valence-electron chi connectivity index (χ3n) is 2.52. The van der Waals surface area contributed by atoms with Gasteiger partial charge in [-0.1, -0.05) is 59.2 Å². The van der Waals surface area contributed by atoms with Crippen LogP contribution in [0.2, 0.25) is 0 Å². The van der Waals surface area contributed by atoms with Crippen LogP contribution in [0.25, 0.3) is 4.91 Å². The van der Waals surface area contributed by atoms with Crippen LogP contribution in [0.3, 0.4) is 0 Å². The van der Waals surface area contributed by atoms with Crippen molar-refractivity contribution in [1.29, 1.82) is 0 Å². The van der Waals surface area contributed by atoms with Gasteiger partial charge in [0.05, 0.1) is 14.0 Å². The van der Waals surface area contributed by atoms with E-state index in [1.54, 1.807) is 41.4 Å². The second-order valence-corrected chi connectivity index (χ2v) is 8.14. The van der Waals surface area contributed by atoms with Crippen molar-refractivity contribution in [2.45, 2.75) is 6.18 Å². The van der Waals surface area contributed by atoms with E-state index in [4.69, 9.17) is 0 Å². The Hall–Kier alpha value is -0.370. The summed E-state index contributed by atoms with van der Waals surface area (Å²) >= 11 is 6.41. The molecule has 0 unspecified atom stereocenters. The molecular formula is C13H7F3S4. The van der Waals surface area contributed by atoms with Crippen molar-refractivity contribution in [2.24, 2.45) is 0 Å². The van der Waals surface area contributed by atoms with Gasteiger partial charge in [0.2, 0.25) is 0 Å². The average molecular weight is 348 g/mol. The first-order valence-electron chi connectivity index (χ1n) is 5.49. The van der Waals surface area contributed by atoms with E-state index in [1.165, 1.54) is 28.1 Å². The molecule has 0 nitrogen and oxygen atoms in total. The lowest BCUT2D eigenvalue weighted by molar-refractivity contribution is -0.137. The highest BCUT2D eigenvalue weighted by Gasteiger charge is 2.31. The molecule has 7 heteroatoms. The highest BCUT2D eigenvalue weighted by Crippen LogP contribution is 2.55. The molecule has 0 aliphatic carbocycles. The molecule has 20 heavy (non-hydrogen) atoms. The first kappa shape index (κ1) is 14.6. The van der Waals surface area contributed by atoms with E-state index >= 15 is 0 Å². The summed E-state index contributed by atoms with van der Waals surface area (Å²) in [6, 6.07) is 5.48. The summed E-state index contributed by atoms with van der Waals surface area (Å²) in [4.78, 5) is 0.872. The third kappa shape index (κ3) is 3.10. The van der Waals surface area contributed by atoms with E-state index in [-0.39, 0.29) is 0 Å². The topological polar surface area (TPSA) is 0 Å². The van der Waals surface area contributed by atoms with Crippen molar-refractivity contribution < 1.29 is 13.2 Å². The van der Waals surface area contributed by atoms with Gasteiger partial charge in [-0.25, -0.2) is 0 Å². The molecule has 0 spiro atoms. The summed E-state index contributed by atoms with van der Waals surface area (Å²) in [6.07, 6.45) is -4.30. The fraction of sp³-hybridized carbons (Fsp3) is 0.0769. The van der Waals surface area contributed by atoms with Crippen LogP contribution in [0.1, 0.15) is 11.1 Å². The minimum absolute atomic E-state index is 0.603. The fourth-order valence-corrected chi connectivity index (χ4v) is 6.10. The maximum absolute atomic E-state index is 12.7. The fourth-order valence-electron chi connectivity index (χ4n) is 1.62. The SMILES string of the molecule is FC(F)(F)c1cccc(C2=CSC(=C3SC=CS3)S2)c1. The van der Waals surface area contributed by atoms with Gasteiger partial charge in [0.15, 0.2) is 0 Å². The molecule has 0 radical (unpaired) electrons. The van der Waals surface area contributed by atoms with Crippen molar-refractivity contribution in [3.8, 4) is 0 Å². The van der Waals surface area contributed by atoms with Gasteiger partial charge in [-0.15, -0.1) is 0 Å². The van der Waals surface area contributed by atoms with E-state index < -0.39 is 11.7 Å². The Morgan fingerprint density at radius 2 is 1.65 bits per heavy atom. The van der Waals surface area contributed by atoms with Gasteiger partial charge in [-0.3, -0.25) is 0 Å². The molecule has 0 atom stereocenters. The summed E-state index contributed by atoms with van der Waals surface area (Å²) in [6.45, 7) is 0. The van der Waals surface area contributed by atoms with E-state index in [0.717, 1.165) is 15.2 Å². The van der Waals surface area contributed by atoms with E-state index in [2.05, 4.69) is 0 Å². The standard InChI is InChI=1S/C13H7F3S4/c14-13(15,16)9-3-1-2-8(6-9)10-7-19-12(20-10)11-17-4-5-18-11/h1-7H. The largest absolute Gasteiger partial charge is 0.416 e. The number of halogens is 3. The lowest BCUT2D eigenvalue weighted by atomic mass is 10.1. The molecule has 0 aromatic heterocycles. The van der Waals surface area contributed by atoms with Crippen LogP contribution in [-0.2, 0) is 6.18 Å². The first-order valence-corrected chi connectivity index (χ1v) is 8.94. The molecule has 0 saturated carbocycles. The van der Waals surface area contributed by atoms with Crippen molar-refractivity contribution in [2.75, 3.05) is 0 Å². The van der Waals surface area contributed by atoms with Crippen LogP contribution in [0.15, 0.2) is 49.0 Å². The maximum atomic E-state index is 12.7. The summed E-state index contributed by atoms with van der Waals surface area (Å²) in [5.41, 5.74) is 0.0165. The Kier molecular flexibility index (Phi) is 4.21. The van der Waals surface area contributed by atoms with Gasteiger partial charge < -0.3 is 0 Å². The lowest BCUT2D eigenvalue weighted by Gasteiger charge is -2.09. The van der Waals surface area contributed by atoms with Crippen LogP contribution in [-0.4, -0.2) is 0 Å². The van der Waals surface area contributed by atoms with Crippen LogP contribution >= 0.6 is 47.0 Å². The molecule has 0 fully saturated rings. The minimum Gasteiger partial charge on any atom is -0.166 e. The molecule has 0 N–H and O–H groups in total. The quantitative estimate of drug-likeness (QED) is 0.563. The van der Waals surface area contributed by atoms with Crippen LogP contribution in [0.4, 0.5) is 13.2 Å². The number of benzene rings is 1. The monoisotopic (exact) mass is 348 g/mol. The minimum atomic E-state index is -4.30. The third-order valence-corrected chi connectivity index (χ3v) is 7.59. The smallest absolute Gasteiger partial charge is 0.166 e. The molecule has 104 valence electrons. The lowest BCUT2D eigenvalue weighted by Crippen LogP contribution is -2.04. The van der Waals surface area contributed by atoms with Gasteiger partial charge in [0.25, 0.3) is 0 Å². The van der Waals surface area contributed by atoms with Crippen LogP contribution < -0.4 is 0 Å². The number of rotatable bonds is 1. The second kappa shape index (κ2) is 5.79. The number of thioether (sulfide) groups is 4. The van der Waals surface area contributed by atoms with Crippen molar-refractivity contribution in [3.63, 3.8) is 0 Å². The van der Waals surface area contributed by atoms with Gasteiger partial charge in [0.1, 0.15) is 0 Å². The molecule has 2 aliphatic heterocycles. The summed E-state index contributed by atoms with van der Waals surface area (Å²) < 4.78 is 40.5. The molecule has 0 saturated heterocycles. The van der Waals surface area contributed by atoms with Crippen molar-refractivity contribution in [3.05, 3.63) is 60.1 Å². The molecular weight excluding hydrogens is 341 g/mol. The molecule has 1 aromatic rings. The normalized spacial score (nSPS) is 18.9. The Morgan fingerprint density at radius 1 is 0.900 bits per heavy atom. The van der Waals surface area contributed by atoms with Crippen LogP contribution in [0, 0.1) is 0 Å². The van der Waals surface area contributed by atoms with Gasteiger partial charge in [-0.05, 0) is 33.9 Å². The summed E-state index contributed by atoms with van der Waals surface area (Å²) in [7, 11) is 0. The zero-order valence-corrected chi connectivity index (χ0v) is 13.1. The molecule has 0 amide bonds. The number of hydrogen-bond donors (Lipinski definition) is 0. The summed E-state index contributed by atoms with van der Waals surface area (Å²) in [5.74, 6) is 0. The Morgan fingerprint density at radius 3 is 2.35 bits per heavy atom.